The smallest absolute Gasteiger partial charge is 0.126 e. The molecule has 0 bridgehead atoms. The summed E-state index contributed by atoms with van der Waals surface area (Å²) in [5.74, 6) is 0. The van der Waals surface area contributed by atoms with E-state index in [1.807, 2.05) is 0 Å². The van der Waals surface area contributed by atoms with E-state index in [1.54, 1.807) is 0 Å². The molecule has 0 saturated carbocycles. The van der Waals surface area contributed by atoms with Gasteiger partial charge in [0.2, 0.25) is 0 Å². The van der Waals surface area contributed by atoms with Gasteiger partial charge < -0.3 is 9.53 Å². The Morgan fingerprint density at radius 3 is 2.67 bits per heavy atom. The molecule has 66 valence electrons. The van der Waals surface area contributed by atoms with Gasteiger partial charge in [-0.05, 0) is 19.3 Å². The third-order valence-corrected chi connectivity index (χ3v) is 2.47. The van der Waals surface area contributed by atoms with Crippen LogP contribution in [0.25, 0.3) is 0 Å². The predicted molar refractivity (Wildman–Crippen MR) is 43.4 cm³/mol. The van der Waals surface area contributed by atoms with E-state index in [-0.39, 0.29) is 5.41 Å². The van der Waals surface area contributed by atoms with Gasteiger partial charge in [0.15, 0.2) is 0 Å². The molecule has 0 aromatic rings. The van der Waals surface area contributed by atoms with Gasteiger partial charge in [-0.2, -0.15) is 5.26 Å². The molecule has 0 unspecified atom stereocenters. The van der Waals surface area contributed by atoms with Crippen molar-refractivity contribution in [2.75, 3.05) is 13.2 Å². The standard InChI is InChI=1S/C9H13NO2/c10-5-1-2-9(8-11)3-6-12-7-4-9/h8H,1-4,6-7H2. The van der Waals surface area contributed by atoms with Crippen molar-refractivity contribution in [1.29, 1.82) is 5.26 Å². The summed E-state index contributed by atoms with van der Waals surface area (Å²) < 4.78 is 5.16. The van der Waals surface area contributed by atoms with E-state index in [1.165, 1.54) is 0 Å². The maximum Gasteiger partial charge on any atom is 0.126 e. The molecular formula is C9H13NO2. The van der Waals surface area contributed by atoms with Crippen LogP contribution in [0.3, 0.4) is 0 Å². The first-order valence-corrected chi connectivity index (χ1v) is 4.24. The summed E-state index contributed by atoms with van der Waals surface area (Å²) in [6.45, 7) is 1.31. The summed E-state index contributed by atoms with van der Waals surface area (Å²) >= 11 is 0. The highest BCUT2D eigenvalue weighted by Crippen LogP contribution is 2.32. The number of rotatable bonds is 3. The minimum absolute atomic E-state index is 0.256. The molecule has 0 atom stereocenters. The molecule has 1 heterocycles. The van der Waals surface area contributed by atoms with E-state index in [9.17, 15) is 4.79 Å². The summed E-state index contributed by atoms with van der Waals surface area (Å²) in [5, 5.41) is 8.41. The monoisotopic (exact) mass is 167 g/mol. The van der Waals surface area contributed by atoms with Gasteiger partial charge >= 0.3 is 0 Å². The van der Waals surface area contributed by atoms with Crippen LogP contribution in [0.1, 0.15) is 25.7 Å². The second-order valence-electron chi connectivity index (χ2n) is 3.25. The Kier molecular flexibility index (Phi) is 3.24. The molecule has 1 rings (SSSR count). The molecule has 0 spiro atoms. The normalized spacial score (nSPS) is 21.2. The lowest BCUT2D eigenvalue weighted by Gasteiger charge is -2.31. The summed E-state index contributed by atoms with van der Waals surface area (Å²) in [7, 11) is 0. The summed E-state index contributed by atoms with van der Waals surface area (Å²) in [4.78, 5) is 10.8. The van der Waals surface area contributed by atoms with Gasteiger partial charge in [-0.15, -0.1) is 0 Å². The van der Waals surface area contributed by atoms with Crippen LogP contribution in [0.2, 0.25) is 0 Å². The summed E-state index contributed by atoms with van der Waals surface area (Å²) in [5.41, 5.74) is -0.256. The molecule has 0 amide bonds. The Hall–Kier alpha value is -0.880. The SMILES string of the molecule is N#CCCC1(C=O)CCOCC1. The van der Waals surface area contributed by atoms with Crippen LogP contribution in [0.5, 0.6) is 0 Å². The number of hydrogen-bond acceptors (Lipinski definition) is 3. The Morgan fingerprint density at radius 1 is 1.50 bits per heavy atom. The zero-order chi connectivity index (χ0) is 8.86. The van der Waals surface area contributed by atoms with Crippen LogP contribution in [0.4, 0.5) is 0 Å². The molecule has 3 heteroatoms. The van der Waals surface area contributed by atoms with Crippen molar-refractivity contribution in [3.63, 3.8) is 0 Å². The fourth-order valence-electron chi connectivity index (χ4n) is 1.51. The lowest BCUT2D eigenvalue weighted by atomic mass is 9.78. The van der Waals surface area contributed by atoms with Crippen molar-refractivity contribution in [1.82, 2.24) is 0 Å². The third-order valence-electron chi connectivity index (χ3n) is 2.47. The first kappa shape index (κ1) is 9.21. The Bertz CT molecular complexity index is 189. The van der Waals surface area contributed by atoms with Gasteiger partial charge in [0.05, 0.1) is 6.07 Å². The maximum absolute atomic E-state index is 10.8. The molecule has 0 radical (unpaired) electrons. The molecule has 0 N–H and O–H groups in total. The highest BCUT2D eigenvalue weighted by molar-refractivity contribution is 5.59. The topological polar surface area (TPSA) is 50.1 Å². The van der Waals surface area contributed by atoms with Crippen LogP contribution >= 0.6 is 0 Å². The molecule has 0 aromatic heterocycles. The minimum atomic E-state index is -0.256. The van der Waals surface area contributed by atoms with Gasteiger partial charge in [-0.25, -0.2) is 0 Å². The van der Waals surface area contributed by atoms with E-state index in [4.69, 9.17) is 10.00 Å². The van der Waals surface area contributed by atoms with Crippen LogP contribution < -0.4 is 0 Å². The van der Waals surface area contributed by atoms with Crippen LogP contribution in [-0.4, -0.2) is 19.5 Å². The number of aldehydes is 1. The van der Waals surface area contributed by atoms with E-state index >= 15 is 0 Å². The Morgan fingerprint density at radius 2 is 2.17 bits per heavy atom. The van der Waals surface area contributed by atoms with Gasteiger partial charge in [0, 0.05) is 25.0 Å². The van der Waals surface area contributed by atoms with Crippen molar-refractivity contribution in [3.8, 4) is 6.07 Å². The van der Waals surface area contributed by atoms with Crippen molar-refractivity contribution < 1.29 is 9.53 Å². The number of hydrogen-bond donors (Lipinski definition) is 0. The highest BCUT2D eigenvalue weighted by atomic mass is 16.5. The number of nitriles is 1. The van der Waals surface area contributed by atoms with E-state index in [0.29, 0.717) is 26.1 Å². The summed E-state index contributed by atoms with van der Waals surface area (Å²) in [6.07, 6.45) is 3.72. The minimum Gasteiger partial charge on any atom is -0.381 e. The molecule has 0 aliphatic carbocycles. The molecule has 1 aliphatic rings. The largest absolute Gasteiger partial charge is 0.381 e. The molecule has 1 saturated heterocycles. The Balaban J connectivity index is 2.49. The number of nitrogens with zero attached hydrogens (tertiary/aromatic N) is 1. The number of ether oxygens (including phenoxy) is 1. The quantitative estimate of drug-likeness (QED) is 0.595. The van der Waals surface area contributed by atoms with Gasteiger partial charge in [0.1, 0.15) is 6.29 Å². The van der Waals surface area contributed by atoms with E-state index in [0.717, 1.165) is 19.1 Å². The fraction of sp³-hybridized carbons (Fsp3) is 0.778. The molecule has 3 nitrogen and oxygen atoms in total. The first-order chi connectivity index (χ1) is 5.83. The maximum atomic E-state index is 10.8. The van der Waals surface area contributed by atoms with Crippen molar-refractivity contribution in [2.45, 2.75) is 25.7 Å². The van der Waals surface area contributed by atoms with E-state index in [2.05, 4.69) is 6.07 Å². The van der Waals surface area contributed by atoms with Crippen LogP contribution in [0, 0.1) is 16.7 Å². The first-order valence-electron chi connectivity index (χ1n) is 4.24. The number of carbonyl (C=O) groups is 1. The van der Waals surface area contributed by atoms with Gasteiger partial charge in [-0.3, -0.25) is 0 Å². The van der Waals surface area contributed by atoms with Crippen molar-refractivity contribution >= 4 is 6.29 Å². The molecule has 0 aromatic carbocycles. The molecule has 1 aliphatic heterocycles. The Labute approximate surface area is 72.3 Å². The third kappa shape index (κ3) is 2.05. The fourth-order valence-corrected chi connectivity index (χ4v) is 1.51. The zero-order valence-electron chi connectivity index (χ0n) is 7.08. The summed E-state index contributed by atoms with van der Waals surface area (Å²) in [6, 6.07) is 2.07. The molecule has 1 fully saturated rings. The molecular weight excluding hydrogens is 154 g/mol. The molecule has 12 heavy (non-hydrogen) atoms. The van der Waals surface area contributed by atoms with Gasteiger partial charge in [0.25, 0.3) is 0 Å². The highest BCUT2D eigenvalue weighted by Gasteiger charge is 2.31. The van der Waals surface area contributed by atoms with Crippen molar-refractivity contribution in [3.05, 3.63) is 0 Å². The average Bonchev–Trinajstić information content (AvgIpc) is 2.16. The van der Waals surface area contributed by atoms with Crippen LogP contribution in [-0.2, 0) is 9.53 Å². The van der Waals surface area contributed by atoms with Crippen molar-refractivity contribution in [2.24, 2.45) is 5.41 Å². The second kappa shape index (κ2) is 4.22. The average molecular weight is 167 g/mol. The second-order valence-corrected chi connectivity index (χ2v) is 3.25. The lowest BCUT2D eigenvalue weighted by Crippen LogP contribution is -2.30. The van der Waals surface area contributed by atoms with E-state index < -0.39 is 0 Å². The van der Waals surface area contributed by atoms with Gasteiger partial charge in [-0.1, -0.05) is 0 Å². The zero-order valence-corrected chi connectivity index (χ0v) is 7.08. The number of carbonyl (C=O) groups excluding carboxylic acids is 1. The predicted octanol–water partition coefficient (Wildman–Crippen LogP) is 1.29. The lowest BCUT2D eigenvalue weighted by molar-refractivity contribution is -0.121. The van der Waals surface area contributed by atoms with Crippen LogP contribution in [0.15, 0.2) is 0 Å².